The maximum Gasteiger partial charge on any atom is 0.326 e. The van der Waals surface area contributed by atoms with Gasteiger partial charge in [0.05, 0.1) is 13.8 Å². The number of aryl methyl sites for hydroxylation is 1. The van der Waals surface area contributed by atoms with Gasteiger partial charge >= 0.3 is 6.03 Å². The Morgan fingerprint density at radius 3 is 2.42 bits per heavy atom. The maximum atomic E-state index is 13.2. The number of ether oxygens (including phenoxy) is 1. The highest BCUT2D eigenvalue weighted by Crippen LogP contribution is 2.31. The van der Waals surface area contributed by atoms with E-state index in [1.165, 1.54) is 16.0 Å². The van der Waals surface area contributed by atoms with E-state index in [2.05, 4.69) is 46.3 Å². The Morgan fingerprint density at radius 2 is 1.71 bits per heavy atom. The molecule has 0 aliphatic carbocycles. The number of amides is 3. The van der Waals surface area contributed by atoms with Gasteiger partial charge in [0.2, 0.25) is 0 Å². The molecule has 2 aromatic rings. The molecule has 4 rings (SSSR count). The zero-order chi connectivity index (χ0) is 22.0. The Kier molecular flexibility index (Phi) is 5.98. The van der Waals surface area contributed by atoms with E-state index in [1.54, 1.807) is 20.1 Å². The van der Waals surface area contributed by atoms with Crippen LogP contribution in [0.4, 0.5) is 4.79 Å². The average Bonchev–Trinajstić information content (AvgIpc) is 2.99. The van der Waals surface area contributed by atoms with Gasteiger partial charge in [-0.3, -0.25) is 14.6 Å². The van der Waals surface area contributed by atoms with Crippen LogP contribution in [0.2, 0.25) is 0 Å². The Bertz CT molecular complexity index is 971. The fourth-order valence-electron chi connectivity index (χ4n) is 4.31. The molecule has 0 saturated carbocycles. The minimum absolute atomic E-state index is 0.229. The van der Waals surface area contributed by atoms with Crippen LogP contribution in [0, 0.1) is 6.92 Å². The normalized spacial score (nSPS) is 22.6. The Labute approximate surface area is 183 Å². The molecule has 2 saturated heterocycles. The molecule has 2 aromatic carbocycles. The van der Waals surface area contributed by atoms with Gasteiger partial charge in [-0.2, -0.15) is 0 Å². The summed E-state index contributed by atoms with van der Waals surface area (Å²) in [5.41, 5.74) is 2.22. The number of methoxy groups -OCH3 is 1. The van der Waals surface area contributed by atoms with Gasteiger partial charge in [-0.05, 0) is 37.1 Å². The van der Waals surface area contributed by atoms with Crippen LogP contribution in [0.5, 0.6) is 5.75 Å². The first-order valence-electron chi connectivity index (χ1n) is 10.7. The first-order chi connectivity index (χ1) is 14.9. The zero-order valence-corrected chi connectivity index (χ0v) is 18.4. The number of nitrogens with zero attached hydrogens (tertiary/aromatic N) is 3. The van der Waals surface area contributed by atoms with E-state index in [0.29, 0.717) is 12.4 Å². The van der Waals surface area contributed by atoms with E-state index in [-0.39, 0.29) is 11.9 Å². The van der Waals surface area contributed by atoms with E-state index < -0.39 is 5.54 Å². The highest BCUT2D eigenvalue weighted by atomic mass is 16.5. The molecule has 1 N–H and O–H groups in total. The van der Waals surface area contributed by atoms with Crippen molar-refractivity contribution in [2.75, 3.05) is 40.0 Å². The van der Waals surface area contributed by atoms with Gasteiger partial charge in [-0.1, -0.05) is 42.0 Å². The third-order valence-corrected chi connectivity index (χ3v) is 6.22. The van der Waals surface area contributed by atoms with Crippen molar-refractivity contribution in [2.45, 2.75) is 25.9 Å². The van der Waals surface area contributed by atoms with Crippen molar-refractivity contribution in [2.24, 2.45) is 0 Å². The molecule has 2 fully saturated rings. The van der Waals surface area contributed by atoms with Crippen LogP contribution < -0.4 is 10.1 Å². The van der Waals surface area contributed by atoms with Crippen molar-refractivity contribution in [3.8, 4) is 5.75 Å². The topological polar surface area (TPSA) is 65.1 Å². The number of rotatable bonds is 6. The number of nitrogens with one attached hydrogen (secondary N) is 1. The Balaban J connectivity index is 1.36. The molecule has 2 heterocycles. The molecule has 7 nitrogen and oxygen atoms in total. The quantitative estimate of drug-likeness (QED) is 0.725. The summed E-state index contributed by atoms with van der Waals surface area (Å²) in [6, 6.07) is 15.5. The smallest absolute Gasteiger partial charge is 0.326 e. The lowest BCUT2D eigenvalue weighted by Gasteiger charge is -2.36. The van der Waals surface area contributed by atoms with Crippen molar-refractivity contribution in [1.29, 1.82) is 0 Å². The Hall–Kier alpha value is -2.90. The molecule has 7 heteroatoms. The fraction of sp³-hybridized carbons (Fsp3) is 0.417. The standard InChI is InChI=1S/C24H30N4O3/c1-18-6-4-7-19(14-18)16-26-10-12-27(13-11-26)17-28-22(29)24(2,25-23(28)30)20-8-5-9-21(15-20)31-3/h4-9,14-15H,10-13,16-17H2,1-3H3,(H,25,30)/t24-/m0/s1. The van der Waals surface area contributed by atoms with Crippen molar-refractivity contribution < 1.29 is 14.3 Å². The maximum absolute atomic E-state index is 13.2. The van der Waals surface area contributed by atoms with E-state index in [4.69, 9.17) is 4.74 Å². The zero-order valence-electron chi connectivity index (χ0n) is 18.4. The SMILES string of the molecule is COc1cccc([C@]2(C)NC(=O)N(CN3CCN(Cc4cccc(C)c4)CC3)C2=O)c1. The molecule has 0 spiro atoms. The van der Waals surface area contributed by atoms with E-state index in [9.17, 15) is 9.59 Å². The van der Waals surface area contributed by atoms with Gasteiger partial charge in [-0.25, -0.2) is 9.69 Å². The van der Waals surface area contributed by atoms with Crippen molar-refractivity contribution in [1.82, 2.24) is 20.0 Å². The fourth-order valence-corrected chi connectivity index (χ4v) is 4.31. The van der Waals surface area contributed by atoms with Gasteiger partial charge in [0.15, 0.2) is 0 Å². The number of hydrogen-bond donors (Lipinski definition) is 1. The summed E-state index contributed by atoms with van der Waals surface area (Å²) < 4.78 is 5.28. The van der Waals surface area contributed by atoms with Crippen LogP contribution in [0.3, 0.4) is 0 Å². The van der Waals surface area contributed by atoms with E-state index in [1.807, 2.05) is 18.2 Å². The summed E-state index contributed by atoms with van der Waals surface area (Å²) >= 11 is 0. The van der Waals surface area contributed by atoms with Crippen LogP contribution in [0.1, 0.15) is 23.6 Å². The van der Waals surface area contributed by atoms with Gasteiger partial charge in [0, 0.05) is 32.7 Å². The molecule has 2 aliphatic heterocycles. The first kappa shape index (κ1) is 21.3. The molecule has 0 radical (unpaired) electrons. The lowest BCUT2D eigenvalue weighted by Crippen LogP contribution is -2.51. The number of benzene rings is 2. The number of piperazine rings is 1. The number of hydrogen-bond acceptors (Lipinski definition) is 5. The van der Waals surface area contributed by atoms with Gasteiger partial charge in [-0.15, -0.1) is 0 Å². The third-order valence-electron chi connectivity index (χ3n) is 6.22. The Morgan fingerprint density at radius 1 is 1.00 bits per heavy atom. The van der Waals surface area contributed by atoms with E-state index in [0.717, 1.165) is 38.3 Å². The van der Waals surface area contributed by atoms with Crippen LogP contribution in [0.25, 0.3) is 0 Å². The number of imide groups is 1. The van der Waals surface area contributed by atoms with E-state index >= 15 is 0 Å². The predicted molar refractivity (Wildman–Crippen MR) is 119 cm³/mol. The molecule has 31 heavy (non-hydrogen) atoms. The summed E-state index contributed by atoms with van der Waals surface area (Å²) in [7, 11) is 1.58. The monoisotopic (exact) mass is 422 g/mol. The summed E-state index contributed by atoms with van der Waals surface area (Å²) in [4.78, 5) is 31.8. The molecule has 1 atom stereocenters. The molecule has 3 amide bonds. The lowest BCUT2D eigenvalue weighted by molar-refractivity contribution is -0.132. The molecular formula is C24H30N4O3. The molecule has 0 bridgehead atoms. The second kappa shape index (κ2) is 8.69. The molecule has 0 aromatic heterocycles. The molecule has 2 aliphatic rings. The molecular weight excluding hydrogens is 392 g/mol. The summed E-state index contributed by atoms with van der Waals surface area (Å²) in [5.74, 6) is 0.428. The minimum atomic E-state index is -1.08. The van der Waals surface area contributed by atoms with Crippen LogP contribution in [-0.2, 0) is 16.9 Å². The van der Waals surface area contributed by atoms with Gasteiger partial charge in [0.25, 0.3) is 5.91 Å². The number of urea groups is 1. The van der Waals surface area contributed by atoms with Crippen LogP contribution in [-0.4, -0.2) is 66.6 Å². The van der Waals surface area contributed by atoms with Crippen molar-refractivity contribution in [3.63, 3.8) is 0 Å². The number of carbonyl (C=O) groups is 2. The van der Waals surface area contributed by atoms with Gasteiger partial charge < -0.3 is 10.1 Å². The first-order valence-corrected chi connectivity index (χ1v) is 10.7. The largest absolute Gasteiger partial charge is 0.497 e. The second-order valence-electron chi connectivity index (χ2n) is 8.54. The summed E-state index contributed by atoms with van der Waals surface area (Å²) in [5, 5.41) is 2.88. The van der Waals surface area contributed by atoms with Crippen molar-refractivity contribution in [3.05, 3.63) is 65.2 Å². The van der Waals surface area contributed by atoms with Crippen LogP contribution in [0.15, 0.2) is 48.5 Å². The highest BCUT2D eigenvalue weighted by Gasteiger charge is 2.49. The average molecular weight is 423 g/mol. The van der Waals surface area contributed by atoms with Crippen LogP contribution >= 0.6 is 0 Å². The summed E-state index contributed by atoms with van der Waals surface area (Å²) in [6.07, 6.45) is 0. The number of carbonyl (C=O) groups excluding carboxylic acids is 2. The highest BCUT2D eigenvalue weighted by molar-refractivity contribution is 6.07. The molecule has 164 valence electrons. The minimum Gasteiger partial charge on any atom is -0.497 e. The van der Waals surface area contributed by atoms with Gasteiger partial charge in [0.1, 0.15) is 11.3 Å². The second-order valence-corrected chi connectivity index (χ2v) is 8.54. The molecule has 0 unspecified atom stereocenters. The summed E-state index contributed by atoms with van der Waals surface area (Å²) in [6.45, 7) is 8.54. The third kappa shape index (κ3) is 4.43. The lowest BCUT2D eigenvalue weighted by atomic mass is 9.92. The van der Waals surface area contributed by atoms with Crippen molar-refractivity contribution >= 4 is 11.9 Å². The predicted octanol–water partition coefficient (Wildman–Crippen LogP) is 2.55.